The summed E-state index contributed by atoms with van der Waals surface area (Å²) in [4.78, 5) is 25.0. The summed E-state index contributed by atoms with van der Waals surface area (Å²) >= 11 is 0. The van der Waals surface area contributed by atoms with E-state index in [9.17, 15) is 9.59 Å². The summed E-state index contributed by atoms with van der Waals surface area (Å²) in [6, 6.07) is 11.9. The van der Waals surface area contributed by atoms with Gasteiger partial charge >= 0.3 is 0 Å². The largest absolute Gasteiger partial charge is 0.287 e. The zero-order chi connectivity index (χ0) is 20.8. The molecule has 0 saturated heterocycles. The Bertz CT molecular complexity index is 813. The summed E-state index contributed by atoms with van der Waals surface area (Å²) in [5.74, 6) is -0.248. The maximum Gasteiger partial charge on any atom is 0.265 e. The van der Waals surface area contributed by atoms with Crippen molar-refractivity contribution in [2.45, 2.75) is 76.3 Å². The normalized spacial score (nSPS) is 18.3. The minimum Gasteiger partial charge on any atom is -0.287 e. The Hall–Kier alpha value is -2.44. The van der Waals surface area contributed by atoms with Gasteiger partial charge in [-0.25, -0.2) is 10.9 Å². The lowest BCUT2D eigenvalue weighted by Crippen LogP contribution is -2.45. The van der Waals surface area contributed by atoms with Crippen molar-refractivity contribution >= 4 is 22.6 Å². The first-order valence-corrected chi connectivity index (χ1v) is 11.3. The first-order valence-electron chi connectivity index (χ1n) is 11.3. The number of hydrogen-bond acceptors (Lipinski definition) is 4. The molecule has 6 heteroatoms. The highest BCUT2D eigenvalue weighted by atomic mass is 16.2. The highest BCUT2D eigenvalue weighted by Gasteiger charge is 2.16. The summed E-state index contributed by atoms with van der Waals surface area (Å²) in [6.07, 6.45) is 11.9. The number of hydrazine groups is 2. The van der Waals surface area contributed by atoms with E-state index in [1.165, 1.54) is 38.5 Å². The molecule has 0 unspecified atom stereocenters. The van der Waals surface area contributed by atoms with Crippen molar-refractivity contribution in [2.75, 3.05) is 0 Å². The third-order valence-electron chi connectivity index (χ3n) is 6.35. The molecule has 0 radical (unpaired) electrons. The van der Waals surface area contributed by atoms with Crippen molar-refractivity contribution < 1.29 is 9.59 Å². The third-order valence-corrected chi connectivity index (χ3v) is 6.35. The Morgan fingerprint density at radius 3 is 1.40 bits per heavy atom. The van der Waals surface area contributed by atoms with Crippen molar-refractivity contribution in [3.8, 4) is 0 Å². The second-order valence-corrected chi connectivity index (χ2v) is 8.64. The molecule has 2 aromatic carbocycles. The van der Waals surface area contributed by atoms with E-state index >= 15 is 0 Å². The number of rotatable bonds is 6. The van der Waals surface area contributed by atoms with E-state index in [-0.39, 0.29) is 11.8 Å². The predicted molar refractivity (Wildman–Crippen MR) is 119 cm³/mol. The lowest BCUT2D eigenvalue weighted by molar-refractivity contribution is 0.0912. The van der Waals surface area contributed by atoms with Crippen LogP contribution in [0.5, 0.6) is 0 Å². The van der Waals surface area contributed by atoms with Crippen LogP contribution in [0.3, 0.4) is 0 Å². The zero-order valence-electron chi connectivity index (χ0n) is 17.5. The van der Waals surface area contributed by atoms with Crippen LogP contribution in [0.4, 0.5) is 0 Å². The number of nitrogens with one attached hydrogen (secondary N) is 4. The third kappa shape index (κ3) is 5.37. The number of carbonyl (C=O) groups excluding carboxylic acids is 2. The van der Waals surface area contributed by atoms with Gasteiger partial charge in [0.2, 0.25) is 0 Å². The molecule has 2 amide bonds. The van der Waals surface area contributed by atoms with E-state index in [2.05, 4.69) is 21.7 Å². The number of fused-ring (bicyclic) bond motifs is 1. The van der Waals surface area contributed by atoms with Crippen molar-refractivity contribution in [3.05, 3.63) is 47.5 Å². The highest BCUT2D eigenvalue weighted by molar-refractivity contribution is 6.01. The minimum atomic E-state index is -0.124. The van der Waals surface area contributed by atoms with Crippen LogP contribution in [0.15, 0.2) is 36.4 Å². The molecule has 2 saturated carbocycles. The van der Waals surface area contributed by atoms with Gasteiger partial charge in [-0.1, -0.05) is 50.7 Å². The second kappa shape index (κ2) is 10.0. The topological polar surface area (TPSA) is 82.3 Å². The summed E-state index contributed by atoms with van der Waals surface area (Å²) < 4.78 is 0. The standard InChI is InChI=1S/C24H32N4O2/c29-23(27-25-21-7-3-1-4-8-21)19-13-11-18-16-20(14-12-17(18)15-19)24(30)28-26-22-9-5-2-6-10-22/h11-16,21-22,25-26H,1-10H2,(H,27,29)(H,28,30). The smallest absolute Gasteiger partial charge is 0.265 e. The van der Waals surface area contributed by atoms with E-state index < -0.39 is 0 Å². The summed E-state index contributed by atoms with van der Waals surface area (Å²) in [5.41, 5.74) is 13.3. The van der Waals surface area contributed by atoms with Crippen LogP contribution in [0.25, 0.3) is 10.8 Å². The quantitative estimate of drug-likeness (QED) is 0.545. The summed E-state index contributed by atoms with van der Waals surface area (Å²) in [6.45, 7) is 0. The number of hydrogen-bond donors (Lipinski definition) is 4. The molecule has 0 aliphatic heterocycles. The van der Waals surface area contributed by atoms with Crippen molar-refractivity contribution in [1.29, 1.82) is 0 Å². The molecule has 4 rings (SSSR count). The maximum atomic E-state index is 12.5. The van der Waals surface area contributed by atoms with Crippen molar-refractivity contribution in [3.63, 3.8) is 0 Å². The van der Waals surface area contributed by atoms with Crippen molar-refractivity contribution in [2.24, 2.45) is 0 Å². The van der Waals surface area contributed by atoms with E-state index in [1.54, 1.807) is 0 Å². The van der Waals surface area contributed by atoms with E-state index in [0.717, 1.165) is 36.5 Å². The van der Waals surface area contributed by atoms with Crippen LogP contribution < -0.4 is 21.7 Å². The van der Waals surface area contributed by atoms with Gasteiger partial charge in [0.15, 0.2) is 0 Å². The average Bonchev–Trinajstić information content (AvgIpc) is 2.81. The molecule has 6 nitrogen and oxygen atoms in total. The zero-order valence-corrected chi connectivity index (χ0v) is 17.5. The van der Waals surface area contributed by atoms with Gasteiger partial charge in [-0.05, 0) is 60.7 Å². The molecule has 4 N–H and O–H groups in total. The van der Waals surface area contributed by atoms with Gasteiger partial charge in [-0.3, -0.25) is 20.4 Å². The van der Waals surface area contributed by atoms with Crippen LogP contribution in [-0.4, -0.2) is 23.9 Å². The van der Waals surface area contributed by atoms with Gasteiger partial charge in [0.05, 0.1) is 0 Å². The molecule has 2 fully saturated rings. The Balaban J connectivity index is 1.35. The van der Waals surface area contributed by atoms with Crippen LogP contribution in [0, 0.1) is 0 Å². The molecule has 0 aromatic heterocycles. The molecule has 0 bridgehead atoms. The average molecular weight is 409 g/mol. The number of carbonyl (C=O) groups is 2. The molecule has 30 heavy (non-hydrogen) atoms. The van der Waals surface area contributed by atoms with E-state index in [4.69, 9.17) is 0 Å². The molecule has 2 aromatic rings. The minimum absolute atomic E-state index is 0.124. The summed E-state index contributed by atoms with van der Waals surface area (Å²) in [7, 11) is 0. The SMILES string of the molecule is O=C(NNC1CCCCC1)c1ccc2cc(C(=O)NNC3CCCCC3)ccc2c1. The fourth-order valence-corrected chi connectivity index (χ4v) is 4.50. The lowest BCUT2D eigenvalue weighted by Gasteiger charge is -2.23. The van der Waals surface area contributed by atoms with Crippen LogP contribution in [-0.2, 0) is 0 Å². The summed E-state index contributed by atoms with van der Waals surface area (Å²) in [5, 5.41) is 1.88. The maximum absolute atomic E-state index is 12.5. The Labute approximate surface area is 178 Å². The number of benzene rings is 2. The van der Waals surface area contributed by atoms with Crippen molar-refractivity contribution in [1.82, 2.24) is 21.7 Å². The molecular weight excluding hydrogens is 376 g/mol. The molecule has 0 spiro atoms. The molecule has 0 heterocycles. The molecule has 0 atom stereocenters. The fourth-order valence-electron chi connectivity index (χ4n) is 4.50. The van der Waals surface area contributed by atoms with Gasteiger partial charge < -0.3 is 0 Å². The lowest BCUT2D eigenvalue weighted by atomic mass is 9.96. The monoisotopic (exact) mass is 408 g/mol. The van der Waals surface area contributed by atoms with Crippen LogP contribution in [0.2, 0.25) is 0 Å². The van der Waals surface area contributed by atoms with Crippen LogP contribution in [0.1, 0.15) is 84.9 Å². The first kappa shape index (κ1) is 20.8. The highest BCUT2D eigenvalue weighted by Crippen LogP contribution is 2.20. The van der Waals surface area contributed by atoms with Gasteiger partial charge in [0.25, 0.3) is 11.8 Å². The van der Waals surface area contributed by atoms with Crippen LogP contribution >= 0.6 is 0 Å². The fraction of sp³-hybridized carbons (Fsp3) is 0.500. The molecule has 2 aliphatic rings. The molecule has 160 valence electrons. The van der Waals surface area contributed by atoms with Gasteiger partial charge in [-0.2, -0.15) is 0 Å². The second-order valence-electron chi connectivity index (χ2n) is 8.64. The molecular formula is C24H32N4O2. The number of amides is 2. The molecule has 2 aliphatic carbocycles. The Morgan fingerprint density at radius 2 is 1.00 bits per heavy atom. The predicted octanol–water partition coefficient (Wildman–Crippen LogP) is 3.97. The van der Waals surface area contributed by atoms with E-state index in [1.807, 2.05) is 36.4 Å². The van der Waals surface area contributed by atoms with E-state index in [0.29, 0.717) is 23.2 Å². The Kier molecular flexibility index (Phi) is 6.97. The van der Waals surface area contributed by atoms with Gasteiger partial charge in [0, 0.05) is 23.2 Å². The Morgan fingerprint density at radius 1 is 0.600 bits per heavy atom. The first-order chi connectivity index (χ1) is 14.7. The van der Waals surface area contributed by atoms with Gasteiger partial charge in [0.1, 0.15) is 0 Å². The van der Waals surface area contributed by atoms with Gasteiger partial charge in [-0.15, -0.1) is 0 Å².